The molecule has 0 saturated carbocycles. The molecule has 0 radical (unpaired) electrons. The first-order chi connectivity index (χ1) is 5.49. The summed E-state index contributed by atoms with van der Waals surface area (Å²) in [6, 6.07) is 1.74. The van der Waals surface area contributed by atoms with Crippen LogP contribution in [0.1, 0.15) is 13.8 Å². The maximum Gasteiger partial charge on any atom is 0.324 e. The molecule has 0 aliphatic carbocycles. The average Bonchev–Trinajstić information content (AvgIpc) is 2.05. The standard InChI is InChI=1S/C8H11NO3/c1-8(2,5-10)6(4-9)7(11)12-3/h5-6H,1-3H3. The lowest BCUT2D eigenvalue weighted by Crippen LogP contribution is -2.32. The number of hydrogen-bond acceptors (Lipinski definition) is 4. The van der Waals surface area contributed by atoms with Gasteiger partial charge in [-0.1, -0.05) is 13.8 Å². The Kier molecular flexibility index (Phi) is 3.42. The second-order valence-electron chi connectivity index (χ2n) is 3.02. The Bertz CT molecular complexity index is 227. The molecule has 0 aliphatic heterocycles. The molecule has 1 atom stereocenters. The SMILES string of the molecule is COC(=O)C(C#N)C(C)(C)C=O. The minimum Gasteiger partial charge on any atom is -0.468 e. The van der Waals surface area contributed by atoms with Gasteiger partial charge < -0.3 is 9.53 Å². The fourth-order valence-electron chi connectivity index (χ4n) is 0.709. The summed E-state index contributed by atoms with van der Waals surface area (Å²) in [5.41, 5.74) is -0.984. The highest BCUT2D eigenvalue weighted by molar-refractivity contribution is 5.81. The molecule has 0 N–H and O–H groups in total. The van der Waals surface area contributed by atoms with Gasteiger partial charge in [-0.25, -0.2) is 0 Å². The maximum absolute atomic E-state index is 10.9. The van der Waals surface area contributed by atoms with Crippen molar-refractivity contribution in [2.24, 2.45) is 11.3 Å². The lowest BCUT2D eigenvalue weighted by molar-refractivity contribution is -0.148. The predicted molar refractivity (Wildman–Crippen MR) is 41.0 cm³/mol. The first kappa shape index (κ1) is 10.6. The summed E-state index contributed by atoms with van der Waals surface area (Å²) >= 11 is 0. The summed E-state index contributed by atoms with van der Waals surface area (Å²) in [7, 11) is 1.19. The second kappa shape index (κ2) is 3.86. The quantitative estimate of drug-likeness (QED) is 0.456. The predicted octanol–water partition coefficient (Wildman–Crippen LogP) is 0.524. The number of methoxy groups -OCH3 is 1. The molecule has 0 aromatic carbocycles. The lowest BCUT2D eigenvalue weighted by atomic mass is 9.81. The van der Waals surface area contributed by atoms with Crippen LogP contribution < -0.4 is 0 Å². The summed E-state index contributed by atoms with van der Waals surface area (Å²) < 4.78 is 4.37. The molecule has 4 heteroatoms. The first-order valence-electron chi connectivity index (χ1n) is 3.43. The number of nitrogens with zero attached hydrogens (tertiary/aromatic N) is 1. The van der Waals surface area contributed by atoms with Gasteiger partial charge in [0.15, 0.2) is 5.92 Å². The number of aldehydes is 1. The van der Waals surface area contributed by atoms with Crippen LogP contribution in [0.4, 0.5) is 0 Å². The molecule has 0 bridgehead atoms. The van der Waals surface area contributed by atoms with Gasteiger partial charge in [0.25, 0.3) is 0 Å². The van der Waals surface area contributed by atoms with Crippen LogP contribution in [0.3, 0.4) is 0 Å². The number of esters is 1. The largest absolute Gasteiger partial charge is 0.468 e. The van der Waals surface area contributed by atoms with Gasteiger partial charge in [0, 0.05) is 5.41 Å². The molecule has 0 aromatic rings. The highest BCUT2D eigenvalue weighted by atomic mass is 16.5. The molecule has 0 rings (SSSR count). The van der Waals surface area contributed by atoms with E-state index in [1.54, 1.807) is 6.07 Å². The van der Waals surface area contributed by atoms with Gasteiger partial charge in [-0.05, 0) is 0 Å². The highest BCUT2D eigenvalue weighted by Gasteiger charge is 2.36. The van der Waals surface area contributed by atoms with E-state index in [0.717, 1.165) is 0 Å². The summed E-state index contributed by atoms with van der Waals surface area (Å²) in [5.74, 6) is -1.70. The van der Waals surface area contributed by atoms with E-state index in [2.05, 4.69) is 4.74 Å². The van der Waals surface area contributed by atoms with Crippen LogP contribution in [0.15, 0.2) is 0 Å². The zero-order valence-electron chi connectivity index (χ0n) is 7.33. The van der Waals surface area contributed by atoms with Crippen LogP contribution in [0, 0.1) is 22.7 Å². The van der Waals surface area contributed by atoms with Gasteiger partial charge in [0.1, 0.15) is 6.29 Å². The molecule has 0 spiro atoms. The normalized spacial score (nSPS) is 12.8. The molecule has 12 heavy (non-hydrogen) atoms. The zero-order valence-corrected chi connectivity index (χ0v) is 7.33. The number of hydrogen-bond donors (Lipinski definition) is 0. The Morgan fingerprint density at radius 2 is 2.17 bits per heavy atom. The van der Waals surface area contributed by atoms with Crippen molar-refractivity contribution in [3.8, 4) is 6.07 Å². The molecular formula is C8H11NO3. The number of carbonyl (C=O) groups is 2. The Morgan fingerprint density at radius 1 is 1.67 bits per heavy atom. The number of nitriles is 1. The van der Waals surface area contributed by atoms with Crippen LogP contribution in [0.2, 0.25) is 0 Å². The van der Waals surface area contributed by atoms with E-state index in [1.807, 2.05) is 0 Å². The van der Waals surface area contributed by atoms with Crippen molar-refractivity contribution in [3.05, 3.63) is 0 Å². The maximum atomic E-state index is 10.9. The van der Waals surface area contributed by atoms with Gasteiger partial charge in [-0.15, -0.1) is 0 Å². The third-order valence-electron chi connectivity index (χ3n) is 1.61. The smallest absolute Gasteiger partial charge is 0.324 e. The van der Waals surface area contributed by atoms with Crippen molar-refractivity contribution >= 4 is 12.3 Å². The van der Waals surface area contributed by atoms with E-state index in [4.69, 9.17) is 5.26 Å². The highest BCUT2D eigenvalue weighted by Crippen LogP contribution is 2.24. The van der Waals surface area contributed by atoms with Gasteiger partial charge >= 0.3 is 5.97 Å². The summed E-state index contributed by atoms with van der Waals surface area (Å²) in [6.07, 6.45) is 0.581. The molecule has 0 saturated heterocycles. The summed E-state index contributed by atoms with van der Waals surface area (Å²) in [5, 5.41) is 8.58. The van der Waals surface area contributed by atoms with Crippen molar-refractivity contribution in [3.63, 3.8) is 0 Å². The zero-order chi connectivity index (χ0) is 9.78. The molecule has 0 amide bonds. The minimum atomic E-state index is -1.03. The lowest BCUT2D eigenvalue weighted by Gasteiger charge is -2.20. The van der Waals surface area contributed by atoms with Gasteiger partial charge in [-0.3, -0.25) is 4.79 Å². The Labute approximate surface area is 71.1 Å². The fourth-order valence-corrected chi connectivity index (χ4v) is 0.709. The molecule has 4 nitrogen and oxygen atoms in total. The molecule has 1 unspecified atom stereocenters. The second-order valence-corrected chi connectivity index (χ2v) is 3.02. The number of rotatable bonds is 3. The Balaban J connectivity index is 4.70. The van der Waals surface area contributed by atoms with Crippen molar-refractivity contribution in [2.75, 3.05) is 7.11 Å². The van der Waals surface area contributed by atoms with Gasteiger partial charge in [-0.2, -0.15) is 5.26 Å². The minimum absolute atomic E-state index is 0.581. The van der Waals surface area contributed by atoms with Crippen molar-refractivity contribution in [2.45, 2.75) is 13.8 Å². The monoisotopic (exact) mass is 169 g/mol. The molecule has 66 valence electrons. The molecule has 0 heterocycles. The fraction of sp³-hybridized carbons (Fsp3) is 0.625. The van der Waals surface area contributed by atoms with Crippen LogP contribution in [0.25, 0.3) is 0 Å². The number of carbonyl (C=O) groups excluding carboxylic acids is 2. The van der Waals surface area contributed by atoms with Crippen LogP contribution in [-0.4, -0.2) is 19.4 Å². The average molecular weight is 169 g/mol. The molecule has 0 fully saturated rings. The van der Waals surface area contributed by atoms with Crippen molar-refractivity contribution in [1.82, 2.24) is 0 Å². The van der Waals surface area contributed by atoms with Crippen molar-refractivity contribution in [1.29, 1.82) is 5.26 Å². The summed E-state index contributed by atoms with van der Waals surface area (Å²) in [4.78, 5) is 21.4. The van der Waals surface area contributed by atoms with Crippen LogP contribution >= 0.6 is 0 Å². The van der Waals surface area contributed by atoms with E-state index in [1.165, 1.54) is 21.0 Å². The Hall–Kier alpha value is -1.37. The van der Waals surface area contributed by atoms with Crippen LogP contribution in [-0.2, 0) is 14.3 Å². The summed E-state index contributed by atoms with van der Waals surface area (Å²) in [6.45, 7) is 3.04. The topological polar surface area (TPSA) is 67.2 Å². The van der Waals surface area contributed by atoms with Gasteiger partial charge in [0.05, 0.1) is 13.2 Å². The van der Waals surface area contributed by atoms with Crippen LogP contribution in [0.5, 0.6) is 0 Å². The van der Waals surface area contributed by atoms with E-state index < -0.39 is 17.3 Å². The van der Waals surface area contributed by atoms with Crippen molar-refractivity contribution < 1.29 is 14.3 Å². The molecular weight excluding hydrogens is 158 g/mol. The molecule has 0 aliphatic rings. The van der Waals surface area contributed by atoms with E-state index >= 15 is 0 Å². The Morgan fingerprint density at radius 3 is 2.42 bits per heavy atom. The first-order valence-corrected chi connectivity index (χ1v) is 3.43. The third kappa shape index (κ3) is 2.06. The van der Waals surface area contributed by atoms with Gasteiger partial charge in [0.2, 0.25) is 0 Å². The van der Waals surface area contributed by atoms with E-state index in [-0.39, 0.29) is 0 Å². The molecule has 0 aromatic heterocycles. The van der Waals surface area contributed by atoms with E-state index in [0.29, 0.717) is 6.29 Å². The van der Waals surface area contributed by atoms with E-state index in [9.17, 15) is 9.59 Å². The third-order valence-corrected chi connectivity index (χ3v) is 1.61. The number of ether oxygens (including phenoxy) is 1.